The molecule has 2 heterocycles. The van der Waals surface area contributed by atoms with Crippen molar-refractivity contribution < 1.29 is 38.7 Å². The zero-order valence-electron chi connectivity index (χ0n) is 20.0. The van der Waals surface area contributed by atoms with E-state index in [0.717, 1.165) is 5.56 Å². The number of esters is 1. The van der Waals surface area contributed by atoms with Crippen LogP contribution in [0.2, 0.25) is 0 Å². The van der Waals surface area contributed by atoms with Crippen LogP contribution in [0, 0.1) is 5.92 Å². The highest BCUT2D eigenvalue weighted by atomic mass is 16.6. The summed E-state index contributed by atoms with van der Waals surface area (Å²) in [6, 6.07) is 10.1. The highest BCUT2D eigenvalue weighted by Gasteiger charge is 2.36. The van der Waals surface area contributed by atoms with Gasteiger partial charge in [0.05, 0.1) is 39.1 Å². The minimum Gasteiger partial charge on any atom is -0.503 e. The molecule has 2 aromatic rings. The molecule has 1 saturated heterocycles. The van der Waals surface area contributed by atoms with Crippen LogP contribution in [0.1, 0.15) is 29.9 Å². The number of carbonyl (C=O) groups excluding carboxylic acids is 2. The fourth-order valence-corrected chi connectivity index (χ4v) is 3.92. The first-order valence-corrected chi connectivity index (χ1v) is 11.4. The summed E-state index contributed by atoms with van der Waals surface area (Å²) in [6.45, 7) is 3.48. The van der Waals surface area contributed by atoms with Gasteiger partial charge in [-0.2, -0.15) is 0 Å². The summed E-state index contributed by atoms with van der Waals surface area (Å²) in [4.78, 5) is 29.6. The van der Waals surface area contributed by atoms with Crippen LogP contribution < -0.4 is 10.1 Å². The van der Waals surface area contributed by atoms with E-state index >= 15 is 0 Å². The predicted molar refractivity (Wildman–Crippen MR) is 125 cm³/mol. The maximum Gasteiger partial charge on any atom is 0.331 e. The molecule has 1 aromatic heterocycles. The number of nitrogens with zero attached hydrogens (tertiary/aromatic N) is 1. The molecular formula is C25H32N2O8. The number of aromatic nitrogens is 1. The number of hydrogen-bond donors (Lipinski definition) is 3. The summed E-state index contributed by atoms with van der Waals surface area (Å²) in [5, 5.41) is 22.5. The fourth-order valence-electron chi connectivity index (χ4n) is 3.92. The Morgan fingerprint density at radius 1 is 1.26 bits per heavy atom. The third-order valence-corrected chi connectivity index (χ3v) is 5.63. The van der Waals surface area contributed by atoms with Gasteiger partial charge in [-0.1, -0.05) is 30.3 Å². The van der Waals surface area contributed by atoms with E-state index in [9.17, 15) is 19.8 Å². The van der Waals surface area contributed by atoms with Crippen molar-refractivity contribution in [3.05, 3.63) is 53.9 Å². The molecule has 35 heavy (non-hydrogen) atoms. The molecule has 190 valence electrons. The molecule has 5 atom stereocenters. The van der Waals surface area contributed by atoms with Gasteiger partial charge in [-0.25, -0.2) is 9.78 Å². The predicted octanol–water partition coefficient (Wildman–Crippen LogP) is 1.48. The molecule has 0 saturated carbocycles. The number of aliphatic hydroxyl groups is 1. The number of hydrogen-bond acceptors (Lipinski definition) is 9. The Balaban J connectivity index is 1.77. The number of amides is 1. The molecular weight excluding hydrogens is 456 g/mol. The van der Waals surface area contributed by atoms with Gasteiger partial charge < -0.3 is 34.5 Å². The lowest BCUT2D eigenvalue weighted by atomic mass is 9.91. The van der Waals surface area contributed by atoms with Gasteiger partial charge in [-0.15, -0.1) is 0 Å². The monoisotopic (exact) mass is 488 g/mol. The van der Waals surface area contributed by atoms with E-state index in [1.54, 1.807) is 13.8 Å². The Morgan fingerprint density at radius 3 is 2.69 bits per heavy atom. The summed E-state index contributed by atoms with van der Waals surface area (Å²) < 4.78 is 22.5. The molecule has 1 unspecified atom stereocenters. The number of methoxy groups -OCH3 is 1. The smallest absolute Gasteiger partial charge is 0.331 e. The molecule has 1 aromatic carbocycles. The second-order valence-corrected chi connectivity index (χ2v) is 8.51. The van der Waals surface area contributed by atoms with Crippen LogP contribution in [0.25, 0.3) is 0 Å². The van der Waals surface area contributed by atoms with E-state index < -0.39 is 42.0 Å². The van der Waals surface area contributed by atoms with Gasteiger partial charge in [-0.05, 0) is 25.8 Å². The lowest BCUT2D eigenvalue weighted by Crippen LogP contribution is -2.46. The van der Waals surface area contributed by atoms with Crippen molar-refractivity contribution in [1.29, 1.82) is 0 Å². The van der Waals surface area contributed by atoms with Gasteiger partial charge in [0, 0.05) is 18.2 Å². The summed E-state index contributed by atoms with van der Waals surface area (Å²) in [6.07, 6.45) is -0.0110. The quantitative estimate of drug-likeness (QED) is 0.472. The number of ether oxygens (including phenoxy) is 4. The van der Waals surface area contributed by atoms with Crippen LogP contribution in [0.4, 0.5) is 0 Å². The average molecular weight is 489 g/mol. The Hall–Kier alpha value is -3.21. The van der Waals surface area contributed by atoms with Crippen molar-refractivity contribution in [2.75, 3.05) is 26.9 Å². The number of aromatic hydroxyl groups is 1. The van der Waals surface area contributed by atoms with Crippen molar-refractivity contribution in [2.45, 2.75) is 44.6 Å². The largest absolute Gasteiger partial charge is 0.503 e. The second-order valence-electron chi connectivity index (χ2n) is 8.51. The second kappa shape index (κ2) is 12.5. The molecule has 3 N–H and O–H groups in total. The van der Waals surface area contributed by atoms with Crippen LogP contribution in [0.3, 0.4) is 0 Å². The Bertz CT molecular complexity index is 985. The van der Waals surface area contributed by atoms with Crippen molar-refractivity contribution in [3.8, 4) is 11.5 Å². The van der Waals surface area contributed by atoms with E-state index in [0.29, 0.717) is 6.42 Å². The molecule has 1 fully saturated rings. The van der Waals surface area contributed by atoms with Crippen LogP contribution >= 0.6 is 0 Å². The lowest BCUT2D eigenvalue weighted by molar-refractivity contribution is -0.161. The maximum atomic E-state index is 12.9. The molecule has 0 spiro atoms. The van der Waals surface area contributed by atoms with Crippen molar-refractivity contribution in [1.82, 2.24) is 10.3 Å². The van der Waals surface area contributed by atoms with Crippen molar-refractivity contribution >= 4 is 11.9 Å². The van der Waals surface area contributed by atoms with Crippen molar-refractivity contribution in [2.24, 2.45) is 5.92 Å². The topological polar surface area (TPSA) is 136 Å². The first-order valence-electron chi connectivity index (χ1n) is 11.4. The molecule has 0 aliphatic carbocycles. The Morgan fingerprint density at radius 2 is 2.00 bits per heavy atom. The SMILES string of the molecule is COc1ccnc(C(=O)N[C@H]2COC[C@H](Cc3ccccc3)[C@@H](OCC(C)O)[C@H](C)OC2=O)c1O. The fraction of sp³-hybridized carbons (Fsp3) is 0.480. The standard InChI is InChI=1S/C25H32N2O8/c1-15(28)12-34-23-16(2)35-25(31)19(14-33-13-18(23)11-17-7-5-4-6-8-17)27-24(30)21-22(29)20(32-3)9-10-26-21/h4-10,15-16,18-19,23,28-29H,11-14H2,1-3H3,(H,27,30)/t15?,16-,18-,19-,23-/m0/s1. The highest BCUT2D eigenvalue weighted by molar-refractivity contribution is 5.98. The van der Waals surface area contributed by atoms with Gasteiger partial charge in [0.25, 0.3) is 5.91 Å². The summed E-state index contributed by atoms with van der Waals surface area (Å²) in [7, 11) is 1.35. The average Bonchev–Trinajstić information content (AvgIpc) is 2.87. The summed E-state index contributed by atoms with van der Waals surface area (Å²) >= 11 is 0. The van der Waals surface area contributed by atoms with Gasteiger partial charge in [0.15, 0.2) is 23.2 Å². The number of benzene rings is 1. The molecule has 1 aliphatic rings. The third kappa shape index (κ3) is 7.14. The molecule has 0 radical (unpaired) electrons. The number of nitrogens with one attached hydrogen (secondary N) is 1. The first kappa shape index (κ1) is 26.4. The number of rotatable bonds is 8. The van der Waals surface area contributed by atoms with Crippen LogP contribution in [-0.4, -0.2) is 78.4 Å². The third-order valence-electron chi connectivity index (χ3n) is 5.63. The van der Waals surface area contributed by atoms with Crippen molar-refractivity contribution in [3.63, 3.8) is 0 Å². The van der Waals surface area contributed by atoms with Crippen LogP contribution in [0.5, 0.6) is 11.5 Å². The van der Waals surface area contributed by atoms with E-state index in [4.69, 9.17) is 18.9 Å². The van der Waals surface area contributed by atoms with E-state index in [2.05, 4.69) is 10.3 Å². The Labute approximate surface area is 204 Å². The Kier molecular flexibility index (Phi) is 9.41. The van der Waals surface area contributed by atoms with Crippen LogP contribution in [-0.2, 0) is 25.4 Å². The van der Waals surface area contributed by atoms with E-state index in [-0.39, 0.29) is 37.2 Å². The zero-order valence-corrected chi connectivity index (χ0v) is 20.0. The number of carbonyl (C=O) groups is 2. The molecule has 10 nitrogen and oxygen atoms in total. The lowest BCUT2D eigenvalue weighted by Gasteiger charge is -2.31. The summed E-state index contributed by atoms with van der Waals surface area (Å²) in [5.74, 6) is -2.03. The van der Waals surface area contributed by atoms with E-state index in [1.807, 2.05) is 30.3 Å². The number of aliphatic hydroxyl groups excluding tert-OH is 1. The number of pyridine rings is 1. The molecule has 3 rings (SSSR count). The normalized spacial score (nSPS) is 23.8. The van der Waals surface area contributed by atoms with Gasteiger partial charge in [0.2, 0.25) is 0 Å². The minimum atomic E-state index is -1.13. The summed E-state index contributed by atoms with van der Waals surface area (Å²) in [5.41, 5.74) is 0.777. The molecule has 0 bridgehead atoms. The van der Waals surface area contributed by atoms with Gasteiger partial charge in [0.1, 0.15) is 6.10 Å². The molecule has 1 amide bonds. The highest BCUT2D eigenvalue weighted by Crippen LogP contribution is 2.28. The molecule has 1 aliphatic heterocycles. The van der Waals surface area contributed by atoms with E-state index in [1.165, 1.54) is 19.4 Å². The zero-order chi connectivity index (χ0) is 25.4. The van der Waals surface area contributed by atoms with Gasteiger partial charge >= 0.3 is 5.97 Å². The van der Waals surface area contributed by atoms with Crippen LogP contribution in [0.15, 0.2) is 42.6 Å². The number of cyclic esters (lactones) is 1. The maximum absolute atomic E-state index is 12.9. The molecule has 10 heteroatoms. The first-order chi connectivity index (χ1) is 16.8. The minimum absolute atomic E-state index is 0.0683. The van der Waals surface area contributed by atoms with Gasteiger partial charge in [-0.3, -0.25) is 4.79 Å².